The summed E-state index contributed by atoms with van der Waals surface area (Å²) in [6.07, 6.45) is 5.29. The van der Waals surface area contributed by atoms with Gasteiger partial charge in [-0.15, -0.1) is 0 Å². The highest BCUT2D eigenvalue weighted by atomic mass is 16.5. The fraction of sp³-hybridized carbons (Fsp3) is 0.139. The molecule has 2 atom stereocenters. The lowest BCUT2D eigenvalue weighted by Gasteiger charge is -2.22. The number of para-hydroxylation sites is 1. The van der Waals surface area contributed by atoms with Crippen LogP contribution < -0.4 is 15.5 Å². The summed E-state index contributed by atoms with van der Waals surface area (Å²) in [5.74, 6) is -0.678. The number of carbonyl (C=O) groups excluding carboxylic acids is 3. The number of nitrogens with one attached hydrogen (secondary N) is 3. The number of hydrogen-bond donors (Lipinski definition) is 4. The second-order valence-corrected chi connectivity index (χ2v) is 10.5. The first-order valence-corrected chi connectivity index (χ1v) is 14.3. The third kappa shape index (κ3) is 7.48. The first-order chi connectivity index (χ1) is 21.4. The Hall–Kier alpha value is -5.47. The van der Waals surface area contributed by atoms with Crippen LogP contribution in [0.2, 0.25) is 0 Å². The Kier molecular flexibility index (Phi) is 9.64. The molecule has 0 fully saturated rings. The van der Waals surface area contributed by atoms with Crippen LogP contribution in [0.15, 0.2) is 115 Å². The van der Waals surface area contributed by atoms with Crippen LogP contribution in [0.1, 0.15) is 45.5 Å². The molecule has 0 spiro atoms. The lowest BCUT2D eigenvalue weighted by atomic mass is 9.96. The van der Waals surface area contributed by atoms with Crippen LogP contribution >= 0.6 is 0 Å². The van der Waals surface area contributed by atoms with Crippen molar-refractivity contribution in [2.45, 2.75) is 25.3 Å². The highest BCUT2D eigenvalue weighted by molar-refractivity contribution is 6.09. The minimum atomic E-state index is -0.618. The molecule has 4 N–H and O–H groups in total. The summed E-state index contributed by atoms with van der Waals surface area (Å²) in [7, 11) is 0. The van der Waals surface area contributed by atoms with Gasteiger partial charge < -0.3 is 15.0 Å². The number of hydroxylamine groups is 1. The summed E-state index contributed by atoms with van der Waals surface area (Å²) < 4.78 is 6.10. The number of hydrogen-bond acceptors (Lipinski definition) is 5. The number of amides is 2. The van der Waals surface area contributed by atoms with E-state index >= 15 is 0 Å². The van der Waals surface area contributed by atoms with Crippen molar-refractivity contribution in [3.63, 3.8) is 0 Å². The minimum absolute atomic E-state index is 0.0649. The van der Waals surface area contributed by atoms with Crippen LogP contribution in [0.5, 0.6) is 5.75 Å². The molecule has 8 nitrogen and oxygen atoms in total. The number of rotatable bonds is 12. The van der Waals surface area contributed by atoms with Gasteiger partial charge in [-0.3, -0.25) is 19.6 Å². The molecule has 0 aliphatic heterocycles. The van der Waals surface area contributed by atoms with Crippen LogP contribution in [0.25, 0.3) is 17.0 Å². The van der Waals surface area contributed by atoms with Gasteiger partial charge in [0.1, 0.15) is 12.4 Å². The van der Waals surface area contributed by atoms with E-state index in [-0.39, 0.29) is 24.3 Å². The SMILES string of the molecule is CC(C(=O)N[C@H](COc1ccc(/C=C/C(=O)NO)cc1)Cc1c[nH]c2ccccc12)c1ccc(C(=O)c2ccccc2)cc1. The number of ether oxygens (including phenoxy) is 1. The molecule has 1 aromatic heterocycles. The Labute approximate surface area is 255 Å². The minimum Gasteiger partial charge on any atom is -0.491 e. The molecule has 0 aliphatic carbocycles. The lowest BCUT2D eigenvalue weighted by Crippen LogP contribution is -2.42. The Bertz CT molecular complexity index is 1760. The highest BCUT2D eigenvalue weighted by Crippen LogP contribution is 2.22. The molecule has 0 aliphatic rings. The average Bonchev–Trinajstić information content (AvgIpc) is 3.48. The number of benzene rings is 4. The van der Waals surface area contributed by atoms with Crippen molar-refractivity contribution in [1.82, 2.24) is 15.8 Å². The number of aromatic nitrogens is 1. The molecule has 0 saturated carbocycles. The fourth-order valence-electron chi connectivity index (χ4n) is 4.96. The quantitative estimate of drug-likeness (QED) is 0.0634. The number of carbonyl (C=O) groups is 3. The number of fused-ring (bicyclic) bond motifs is 1. The molecule has 222 valence electrons. The van der Waals surface area contributed by atoms with Gasteiger partial charge in [0.15, 0.2) is 5.78 Å². The molecule has 5 aromatic rings. The number of H-pyrrole nitrogens is 1. The van der Waals surface area contributed by atoms with Crippen LogP contribution in [0.4, 0.5) is 0 Å². The van der Waals surface area contributed by atoms with E-state index in [1.807, 2.05) is 67.7 Å². The molecule has 0 radical (unpaired) electrons. The smallest absolute Gasteiger partial charge is 0.267 e. The van der Waals surface area contributed by atoms with E-state index in [2.05, 4.69) is 10.3 Å². The van der Waals surface area contributed by atoms with Crippen molar-refractivity contribution < 1.29 is 24.3 Å². The molecule has 0 bridgehead atoms. The zero-order chi connectivity index (χ0) is 30.9. The topological polar surface area (TPSA) is 121 Å². The van der Waals surface area contributed by atoms with E-state index in [0.717, 1.165) is 27.6 Å². The predicted molar refractivity (Wildman–Crippen MR) is 170 cm³/mol. The zero-order valence-corrected chi connectivity index (χ0v) is 24.2. The van der Waals surface area contributed by atoms with Gasteiger partial charge in [0.2, 0.25) is 5.91 Å². The summed E-state index contributed by atoms with van der Waals surface area (Å²) in [6, 6.07) is 31.1. The van der Waals surface area contributed by atoms with Gasteiger partial charge in [-0.25, -0.2) is 5.48 Å². The second-order valence-electron chi connectivity index (χ2n) is 10.5. The zero-order valence-electron chi connectivity index (χ0n) is 24.2. The van der Waals surface area contributed by atoms with Crippen LogP contribution in [0.3, 0.4) is 0 Å². The van der Waals surface area contributed by atoms with Crippen molar-refractivity contribution in [2.75, 3.05) is 6.61 Å². The second kappa shape index (κ2) is 14.1. The monoisotopic (exact) mass is 587 g/mol. The average molecular weight is 588 g/mol. The van der Waals surface area contributed by atoms with Crippen molar-refractivity contribution in [2.24, 2.45) is 0 Å². The lowest BCUT2D eigenvalue weighted by molar-refractivity contribution is -0.124. The first-order valence-electron chi connectivity index (χ1n) is 14.3. The summed E-state index contributed by atoms with van der Waals surface area (Å²) in [5.41, 5.74) is 6.38. The van der Waals surface area contributed by atoms with Gasteiger partial charge in [0.05, 0.1) is 12.0 Å². The molecule has 44 heavy (non-hydrogen) atoms. The Morgan fingerprint density at radius 3 is 2.27 bits per heavy atom. The fourth-order valence-corrected chi connectivity index (χ4v) is 4.96. The van der Waals surface area contributed by atoms with Gasteiger partial charge in [-0.1, -0.05) is 84.9 Å². The van der Waals surface area contributed by atoms with Crippen molar-refractivity contribution >= 4 is 34.6 Å². The maximum absolute atomic E-state index is 13.5. The number of aromatic amines is 1. The van der Waals surface area contributed by atoms with E-state index in [1.165, 1.54) is 6.08 Å². The summed E-state index contributed by atoms with van der Waals surface area (Å²) in [4.78, 5) is 40.8. The van der Waals surface area contributed by atoms with Gasteiger partial charge >= 0.3 is 0 Å². The van der Waals surface area contributed by atoms with Gasteiger partial charge in [0.25, 0.3) is 5.91 Å². The van der Waals surface area contributed by atoms with E-state index < -0.39 is 11.8 Å². The van der Waals surface area contributed by atoms with E-state index in [4.69, 9.17) is 9.94 Å². The largest absolute Gasteiger partial charge is 0.491 e. The third-order valence-electron chi connectivity index (χ3n) is 7.46. The van der Waals surface area contributed by atoms with Crippen LogP contribution in [-0.2, 0) is 16.0 Å². The standard InChI is InChI=1S/C36H33N3O5/c1-24(26-14-16-28(17-15-26)35(41)27-7-3-2-4-8-27)36(42)38-30(21-29-22-37-33-10-6-5-9-32(29)33)23-44-31-18-11-25(12-19-31)13-20-34(40)39-43/h2-20,22,24,30,37,43H,21,23H2,1H3,(H,38,42)(H,39,40)/b20-13+/t24?,30-/m0/s1. The third-order valence-corrected chi connectivity index (χ3v) is 7.46. The number of ketones is 1. The Morgan fingerprint density at radius 2 is 1.55 bits per heavy atom. The predicted octanol–water partition coefficient (Wildman–Crippen LogP) is 5.83. The first kappa shape index (κ1) is 30.0. The van der Waals surface area contributed by atoms with Gasteiger partial charge in [0, 0.05) is 34.3 Å². The van der Waals surface area contributed by atoms with Crippen molar-refractivity contribution in [3.8, 4) is 5.75 Å². The molecule has 1 heterocycles. The summed E-state index contributed by atoms with van der Waals surface area (Å²) in [6.45, 7) is 2.07. The highest BCUT2D eigenvalue weighted by Gasteiger charge is 2.22. The molecule has 4 aromatic carbocycles. The van der Waals surface area contributed by atoms with Gasteiger partial charge in [-0.05, 0) is 54.3 Å². The van der Waals surface area contributed by atoms with Crippen molar-refractivity contribution in [1.29, 1.82) is 0 Å². The van der Waals surface area contributed by atoms with E-state index in [9.17, 15) is 14.4 Å². The Morgan fingerprint density at radius 1 is 0.864 bits per heavy atom. The molecule has 8 heteroatoms. The molecule has 1 unspecified atom stereocenters. The maximum atomic E-state index is 13.5. The maximum Gasteiger partial charge on any atom is 0.267 e. The Balaban J connectivity index is 1.28. The van der Waals surface area contributed by atoms with Gasteiger partial charge in [-0.2, -0.15) is 0 Å². The summed E-state index contributed by atoms with van der Waals surface area (Å²) in [5, 5.41) is 12.9. The normalized spacial score (nSPS) is 12.5. The van der Waals surface area contributed by atoms with Crippen molar-refractivity contribution in [3.05, 3.63) is 143 Å². The van der Waals surface area contributed by atoms with E-state index in [1.54, 1.807) is 60.1 Å². The molecule has 5 rings (SSSR count). The van der Waals surface area contributed by atoms with E-state index in [0.29, 0.717) is 23.3 Å². The van der Waals surface area contributed by atoms with Crippen LogP contribution in [-0.4, -0.2) is 40.4 Å². The molecular weight excluding hydrogens is 554 g/mol. The molecular formula is C36H33N3O5. The summed E-state index contributed by atoms with van der Waals surface area (Å²) >= 11 is 0. The van der Waals surface area contributed by atoms with Crippen LogP contribution in [0, 0.1) is 0 Å². The molecule has 2 amide bonds. The molecule has 0 saturated heterocycles.